The number of hydrogen-bond acceptors (Lipinski definition) is 5. The highest BCUT2D eigenvalue weighted by Gasteiger charge is 2.35. The molecule has 0 bridgehead atoms. The molecule has 0 aromatic carbocycles. The summed E-state index contributed by atoms with van der Waals surface area (Å²) in [5.41, 5.74) is 0.683. The fourth-order valence-corrected chi connectivity index (χ4v) is 2.00. The summed E-state index contributed by atoms with van der Waals surface area (Å²) in [4.78, 5) is 50.6. The molecule has 1 aliphatic rings. The SMILES string of the molecule is CCCCC(C(=O)O)N1C(=O)C=CC1=O.O=C(O)C=Cc1cnc[nH]1. The van der Waals surface area contributed by atoms with Gasteiger partial charge in [-0.05, 0) is 12.5 Å². The first-order valence-corrected chi connectivity index (χ1v) is 7.54. The number of carboxylic acids is 2. The number of amides is 2. The molecule has 134 valence electrons. The number of imide groups is 1. The van der Waals surface area contributed by atoms with Crippen molar-refractivity contribution in [3.8, 4) is 0 Å². The molecule has 0 saturated carbocycles. The number of aromatic amines is 1. The number of aliphatic carboxylic acids is 2. The third-order valence-corrected chi connectivity index (χ3v) is 3.20. The Morgan fingerprint density at radius 1 is 1.28 bits per heavy atom. The molecule has 1 unspecified atom stereocenters. The number of carbonyl (C=O) groups is 4. The third-order valence-electron chi connectivity index (χ3n) is 3.20. The lowest BCUT2D eigenvalue weighted by Gasteiger charge is -2.21. The zero-order valence-electron chi connectivity index (χ0n) is 13.6. The highest BCUT2D eigenvalue weighted by molar-refractivity contribution is 6.14. The lowest BCUT2D eigenvalue weighted by atomic mass is 10.1. The van der Waals surface area contributed by atoms with Crippen LogP contribution in [0, 0.1) is 0 Å². The molecule has 2 heterocycles. The monoisotopic (exact) mass is 349 g/mol. The predicted molar refractivity (Wildman–Crippen MR) is 87.2 cm³/mol. The van der Waals surface area contributed by atoms with Gasteiger partial charge < -0.3 is 15.2 Å². The highest BCUT2D eigenvalue weighted by Crippen LogP contribution is 2.14. The Morgan fingerprint density at radius 2 is 1.92 bits per heavy atom. The van der Waals surface area contributed by atoms with Gasteiger partial charge in [-0.15, -0.1) is 0 Å². The molecular formula is C16H19N3O6. The summed E-state index contributed by atoms with van der Waals surface area (Å²) in [7, 11) is 0. The first-order valence-electron chi connectivity index (χ1n) is 7.54. The van der Waals surface area contributed by atoms with Gasteiger partial charge in [-0.2, -0.15) is 0 Å². The van der Waals surface area contributed by atoms with Crippen molar-refractivity contribution in [1.29, 1.82) is 0 Å². The van der Waals surface area contributed by atoms with Crippen LogP contribution in [0.3, 0.4) is 0 Å². The molecule has 1 aromatic rings. The molecule has 9 heteroatoms. The fourth-order valence-electron chi connectivity index (χ4n) is 2.00. The van der Waals surface area contributed by atoms with Crippen LogP contribution in [0.25, 0.3) is 6.08 Å². The Kier molecular flexibility index (Phi) is 7.77. The lowest BCUT2D eigenvalue weighted by Crippen LogP contribution is -2.44. The average Bonchev–Trinajstić information content (AvgIpc) is 3.18. The summed E-state index contributed by atoms with van der Waals surface area (Å²) in [5, 5.41) is 17.1. The Balaban J connectivity index is 0.000000271. The zero-order valence-corrected chi connectivity index (χ0v) is 13.6. The number of H-pyrrole nitrogens is 1. The molecule has 1 aliphatic heterocycles. The fraction of sp³-hybridized carbons (Fsp3) is 0.312. The van der Waals surface area contributed by atoms with E-state index in [-0.39, 0.29) is 0 Å². The number of carbonyl (C=O) groups excluding carboxylic acids is 2. The van der Waals surface area contributed by atoms with E-state index in [1.165, 1.54) is 12.4 Å². The van der Waals surface area contributed by atoms with Gasteiger partial charge in [0.05, 0.1) is 18.2 Å². The van der Waals surface area contributed by atoms with Crippen LogP contribution in [-0.4, -0.2) is 54.9 Å². The van der Waals surface area contributed by atoms with E-state index in [4.69, 9.17) is 10.2 Å². The van der Waals surface area contributed by atoms with Gasteiger partial charge in [0.25, 0.3) is 11.8 Å². The number of carboxylic acid groups (broad SMARTS) is 2. The summed E-state index contributed by atoms with van der Waals surface area (Å²) >= 11 is 0. The van der Waals surface area contributed by atoms with Gasteiger partial charge >= 0.3 is 11.9 Å². The molecule has 9 nitrogen and oxygen atoms in total. The normalized spacial score (nSPS) is 14.5. The second-order valence-corrected chi connectivity index (χ2v) is 5.05. The van der Waals surface area contributed by atoms with Gasteiger partial charge in [0.15, 0.2) is 0 Å². The van der Waals surface area contributed by atoms with Crippen LogP contribution in [0.4, 0.5) is 0 Å². The summed E-state index contributed by atoms with van der Waals surface area (Å²) in [6.07, 6.45) is 9.53. The van der Waals surface area contributed by atoms with Gasteiger partial charge in [0.1, 0.15) is 6.04 Å². The van der Waals surface area contributed by atoms with Crippen LogP contribution < -0.4 is 0 Å². The Bertz CT molecular complexity index is 660. The lowest BCUT2D eigenvalue weighted by molar-refractivity contribution is -0.153. The van der Waals surface area contributed by atoms with Crippen molar-refractivity contribution in [3.05, 3.63) is 36.4 Å². The smallest absolute Gasteiger partial charge is 0.328 e. The molecule has 0 radical (unpaired) electrons. The van der Waals surface area contributed by atoms with E-state index in [1.807, 2.05) is 6.92 Å². The number of imidazole rings is 1. The number of aromatic nitrogens is 2. The molecule has 0 aliphatic carbocycles. The summed E-state index contributed by atoms with van der Waals surface area (Å²) in [6.45, 7) is 1.92. The molecule has 0 fully saturated rings. The van der Waals surface area contributed by atoms with E-state index in [0.717, 1.165) is 29.5 Å². The summed E-state index contributed by atoms with van der Waals surface area (Å²) in [5.74, 6) is -3.17. The molecule has 3 N–H and O–H groups in total. The number of rotatable bonds is 7. The average molecular weight is 349 g/mol. The molecular weight excluding hydrogens is 330 g/mol. The molecule has 0 saturated heterocycles. The maximum atomic E-state index is 11.2. The first kappa shape index (κ1) is 19.8. The zero-order chi connectivity index (χ0) is 18.8. The van der Waals surface area contributed by atoms with E-state index >= 15 is 0 Å². The minimum atomic E-state index is -1.13. The molecule has 1 atom stereocenters. The quantitative estimate of drug-likeness (QED) is 0.494. The van der Waals surface area contributed by atoms with Crippen LogP contribution in [0.1, 0.15) is 31.9 Å². The van der Waals surface area contributed by atoms with Gasteiger partial charge in [0, 0.05) is 18.2 Å². The second-order valence-electron chi connectivity index (χ2n) is 5.05. The topological polar surface area (TPSA) is 141 Å². The minimum absolute atomic E-state index is 0.311. The molecule has 0 spiro atoms. The largest absolute Gasteiger partial charge is 0.480 e. The second kappa shape index (κ2) is 9.81. The van der Waals surface area contributed by atoms with Crippen LogP contribution in [0.15, 0.2) is 30.8 Å². The maximum Gasteiger partial charge on any atom is 0.328 e. The molecule has 2 amide bonds. The van der Waals surface area contributed by atoms with Gasteiger partial charge in [0.2, 0.25) is 0 Å². The van der Waals surface area contributed by atoms with Crippen molar-refractivity contribution in [2.75, 3.05) is 0 Å². The first-order chi connectivity index (χ1) is 11.9. The van der Waals surface area contributed by atoms with Crippen molar-refractivity contribution in [3.63, 3.8) is 0 Å². The number of nitrogens with zero attached hydrogens (tertiary/aromatic N) is 2. The third kappa shape index (κ3) is 6.42. The van der Waals surface area contributed by atoms with Crippen LogP contribution in [-0.2, 0) is 19.2 Å². The van der Waals surface area contributed by atoms with E-state index in [2.05, 4.69) is 9.97 Å². The number of nitrogens with one attached hydrogen (secondary N) is 1. The van der Waals surface area contributed by atoms with Crippen molar-refractivity contribution < 1.29 is 29.4 Å². The maximum absolute atomic E-state index is 11.2. The summed E-state index contributed by atoms with van der Waals surface area (Å²) < 4.78 is 0. The molecule has 2 rings (SSSR count). The number of hydrogen-bond donors (Lipinski definition) is 3. The van der Waals surface area contributed by atoms with Crippen molar-refractivity contribution in [2.24, 2.45) is 0 Å². The van der Waals surface area contributed by atoms with Crippen molar-refractivity contribution >= 4 is 29.8 Å². The standard InChI is InChI=1S/C10H13NO4.C6H6N2O2/c1-2-3-4-7(10(14)15)11-8(12)5-6-9(11)13;9-6(10)2-1-5-3-7-4-8-5/h5-7H,2-4H2,1H3,(H,14,15);1-4H,(H,7,8)(H,9,10). The van der Waals surface area contributed by atoms with Crippen LogP contribution in [0.5, 0.6) is 0 Å². The van der Waals surface area contributed by atoms with Crippen molar-refractivity contribution in [2.45, 2.75) is 32.2 Å². The Labute approximate surface area is 143 Å². The molecule has 25 heavy (non-hydrogen) atoms. The number of unbranched alkanes of at least 4 members (excludes halogenated alkanes) is 1. The van der Waals surface area contributed by atoms with Gasteiger partial charge in [-0.3, -0.25) is 14.5 Å². The Morgan fingerprint density at radius 3 is 2.36 bits per heavy atom. The van der Waals surface area contributed by atoms with Crippen LogP contribution >= 0.6 is 0 Å². The van der Waals surface area contributed by atoms with Crippen LogP contribution in [0.2, 0.25) is 0 Å². The minimum Gasteiger partial charge on any atom is -0.480 e. The predicted octanol–water partition coefficient (Wildman–Crippen LogP) is 1.06. The highest BCUT2D eigenvalue weighted by atomic mass is 16.4. The van der Waals surface area contributed by atoms with Crippen molar-refractivity contribution in [1.82, 2.24) is 14.9 Å². The summed E-state index contributed by atoms with van der Waals surface area (Å²) in [6, 6.07) is -1.03. The van der Waals surface area contributed by atoms with E-state index in [1.54, 1.807) is 6.20 Å². The Hall–Kier alpha value is -3.23. The van der Waals surface area contributed by atoms with E-state index in [0.29, 0.717) is 18.5 Å². The van der Waals surface area contributed by atoms with E-state index < -0.39 is 29.8 Å². The van der Waals surface area contributed by atoms with Gasteiger partial charge in [-0.25, -0.2) is 14.6 Å². The molecule has 1 aromatic heterocycles. The van der Waals surface area contributed by atoms with E-state index in [9.17, 15) is 19.2 Å². The van der Waals surface area contributed by atoms with Gasteiger partial charge in [-0.1, -0.05) is 19.8 Å².